The van der Waals surface area contributed by atoms with Crippen molar-refractivity contribution in [3.8, 4) is 5.69 Å². The van der Waals surface area contributed by atoms with Crippen LogP contribution in [0, 0.1) is 13.8 Å². The smallest absolute Gasteiger partial charge is 0.280 e. The van der Waals surface area contributed by atoms with E-state index in [-0.39, 0.29) is 11.2 Å². The van der Waals surface area contributed by atoms with Gasteiger partial charge in [0.2, 0.25) is 0 Å². The number of benzene rings is 2. The van der Waals surface area contributed by atoms with Crippen molar-refractivity contribution in [2.75, 3.05) is 0 Å². The molecule has 0 N–H and O–H groups in total. The van der Waals surface area contributed by atoms with Crippen molar-refractivity contribution in [3.05, 3.63) is 96.5 Å². The van der Waals surface area contributed by atoms with E-state index < -0.39 is 0 Å². The summed E-state index contributed by atoms with van der Waals surface area (Å²) in [6.45, 7) is 4.30. The Kier molecular flexibility index (Phi) is 4.50. The van der Waals surface area contributed by atoms with Crippen molar-refractivity contribution in [3.63, 3.8) is 0 Å². The van der Waals surface area contributed by atoms with E-state index in [4.69, 9.17) is 11.6 Å². The van der Waals surface area contributed by atoms with E-state index in [2.05, 4.69) is 0 Å². The van der Waals surface area contributed by atoms with Crippen LogP contribution in [-0.2, 0) is 6.54 Å². The Balaban J connectivity index is 2.09. The Morgan fingerprint density at radius 1 is 1.00 bits per heavy atom. The Labute approximate surface area is 164 Å². The first-order valence-corrected chi connectivity index (χ1v) is 9.72. The molecule has 0 unspecified atom stereocenters. The van der Waals surface area contributed by atoms with Gasteiger partial charge >= 0.3 is 5.69 Å². The molecule has 0 bridgehead atoms. The van der Waals surface area contributed by atoms with Crippen LogP contribution < -0.4 is 11.2 Å². The van der Waals surface area contributed by atoms with E-state index in [1.54, 1.807) is 28.8 Å². The largest absolute Gasteiger partial charge is 0.337 e. The molecule has 0 aliphatic heterocycles. The molecule has 2 aromatic carbocycles. The van der Waals surface area contributed by atoms with Gasteiger partial charge in [0, 0.05) is 9.90 Å². The standard InChI is InChI=1S/C21H17ClN2O2S/c1-13-14(2)27-20-18(13)19(25)24(17-10-6-9-16(22)11-17)21(26)23(20)12-15-7-4-3-5-8-15/h3-11H,12H2,1-2H3. The Morgan fingerprint density at radius 3 is 2.44 bits per heavy atom. The zero-order valence-electron chi connectivity index (χ0n) is 14.9. The van der Waals surface area contributed by atoms with Gasteiger partial charge in [-0.1, -0.05) is 48.0 Å². The second-order valence-electron chi connectivity index (χ2n) is 6.44. The highest BCUT2D eigenvalue weighted by molar-refractivity contribution is 7.18. The van der Waals surface area contributed by atoms with E-state index in [1.165, 1.54) is 15.9 Å². The van der Waals surface area contributed by atoms with Gasteiger partial charge in [0.25, 0.3) is 5.56 Å². The summed E-state index contributed by atoms with van der Waals surface area (Å²) in [5, 5.41) is 1.07. The van der Waals surface area contributed by atoms with Crippen LogP contribution in [0.5, 0.6) is 0 Å². The van der Waals surface area contributed by atoms with E-state index >= 15 is 0 Å². The number of thiophene rings is 1. The molecule has 0 spiro atoms. The van der Waals surface area contributed by atoms with Crippen LogP contribution in [0.15, 0.2) is 64.2 Å². The van der Waals surface area contributed by atoms with Gasteiger partial charge < -0.3 is 0 Å². The molecule has 2 aromatic heterocycles. The van der Waals surface area contributed by atoms with Gasteiger partial charge in [-0.3, -0.25) is 9.36 Å². The fourth-order valence-electron chi connectivity index (χ4n) is 3.21. The lowest BCUT2D eigenvalue weighted by Gasteiger charge is -2.12. The summed E-state index contributed by atoms with van der Waals surface area (Å²) >= 11 is 7.58. The monoisotopic (exact) mass is 396 g/mol. The minimum atomic E-state index is -0.361. The number of aryl methyl sites for hydroxylation is 2. The molecular weight excluding hydrogens is 380 g/mol. The molecule has 136 valence electrons. The summed E-state index contributed by atoms with van der Waals surface area (Å²) in [7, 11) is 0. The van der Waals surface area contributed by atoms with Gasteiger partial charge in [-0.25, -0.2) is 9.36 Å². The van der Waals surface area contributed by atoms with Crippen LogP contribution in [0.3, 0.4) is 0 Å². The zero-order chi connectivity index (χ0) is 19.1. The topological polar surface area (TPSA) is 44.0 Å². The molecule has 6 heteroatoms. The summed E-state index contributed by atoms with van der Waals surface area (Å²) in [4.78, 5) is 28.3. The average Bonchev–Trinajstić information content (AvgIpc) is 2.95. The fraction of sp³-hybridized carbons (Fsp3) is 0.143. The number of fused-ring (bicyclic) bond motifs is 1. The highest BCUT2D eigenvalue weighted by Gasteiger charge is 2.19. The zero-order valence-corrected chi connectivity index (χ0v) is 16.5. The van der Waals surface area contributed by atoms with Crippen LogP contribution in [0.25, 0.3) is 15.9 Å². The third-order valence-electron chi connectivity index (χ3n) is 4.70. The van der Waals surface area contributed by atoms with E-state index in [0.29, 0.717) is 27.5 Å². The molecule has 0 amide bonds. The third-order valence-corrected chi connectivity index (χ3v) is 6.17. The van der Waals surface area contributed by atoms with E-state index in [9.17, 15) is 9.59 Å². The number of hydrogen-bond donors (Lipinski definition) is 0. The molecule has 0 fully saturated rings. The molecule has 2 heterocycles. The van der Waals surface area contributed by atoms with Crippen molar-refractivity contribution in [1.82, 2.24) is 9.13 Å². The molecule has 4 rings (SSSR count). The molecular formula is C21H17ClN2O2S. The lowest BCUT2D eigenvalue weighted by Crippen LogP contribution is -2.38. The van der Waals surface area contributed by atoms with Crippen molar-refractivity contribution >= 4 is 33.2 Å². The summed E-state index contributed by atoms with van der Waals surface area (Å²) in [6.07, 6.45) is 0. The van der Waals surface area contributed by atoms with Crippen LogP contribution in [0.1, 0.15) is 16.0 Å². The SMILES string of the molecule is Cc1sc2c(c1C)c(=O)n(-c1cccc(Cl)c1)c(=O)n2Cc1ccccc1. The maximum atomic E-state index is 13.3. The second kappa shape index (κ2) is 6.83. The Bertz CT molecular complexity index is 1270. The second-order valence-corrected chi connectivity index (χ2v) is 8.08. The maximum absolute atomic E-state index is 13.3. The number of hydrogen-bond acceptors (Lipinski definition) is 3. The molecule has 0 radical (unpaired) electrons. The molecule has 4 aromatic rings. The van der Waals surface area contributed by atoms with Crippen LogP contribution in [-0.4, -0.2) is 9.13 Å². The van der Waals surface area contributed by atoms with Gasteiger partial charge in [0.05, 0.1) is 17.6 Å². The normalized spacial score (nSPS) is 11.2. The molecule has 0 aliphatic carbocycles. The van der Waals surface area contributed by atoms with Gasteiger partial charge in [-0.15, -0.1) is 11.3 Å². The van der Waals surface area contributed by atoms with E-state index in [0.717, 1.165) is 16.0 Å². The summed E-state index contributed by atoms with van der Waals surface area (Å²) < 4.78 is 2.90. The van der Waals surface area contributed by atoms with Gasteiger partial charge in [0.15, 0.2) is 0 Å². The predicted molar refractivity (Wildman–Crippen MR) is 112 cm³/mol. The summed E-state index contributed by atoms with van der Waals surface area (Å²) in [5.74, 6) is 0. The molecule has 0 atom stereocenters. The summed E-state index contributed by atoms with van der Waals surface area (Å²) in [6, 6.07) is 16.6. The minimum absolute atomic E-state index is 0.302. The molecule has 0 aliphatic rings. The van der Waals surface area contributed by atoms with Crippen molar-refractivity contribution in [2.45, 2.75) is 20.4 Å². The molecule has 0 saturated heterocycles. The van der Waals surface area contributed by atoms with Crippen LogP contribution in [0.4, 0.5) is 0 Å². The number of rotatable bonds is 3. The number of nitrogens with zero attached hydrogens (tertiary/aromatic N) is 2. The Hall–Kier alpha value is -2.63. The first-order valence-electron chi connectivity index (χ1n) is 8.53. The third kappa shape index (κ3) is 3.03. The predicted octanol–water partition coefficient (Wildman–Crippen LogP) is 4.53. The molecule has 4 nitrogen and oxygen atoms in total. The molecule has 27 heavy (non-hydrogen) atoms. The minimum Gasteiger partial charge on any atom is -0.280 e. The van der Waals surface area contributed by atoms with Crippen LogP contribution >= 0.6 is 22.9 Å². The number of aromatic nitrogens is 2. The first-order chi connectivity index (χ1) is 13.0. The van der Waals surface area contributed by atoms with Crippen molar-refractivity contribution in [2.24, 2.45) is 0 Å². The highest BCUT2D eigenvalue weighted by Crippen LogP contribution is 2.27. The first kappa shape index (κ1) is 17.8. The number of halogens is 1. The fourth-order valence-corrected chi connectivity index (χ4v) is 4.53. The van der Waals surface area contributed by atoms with Crippen molar-refractivity contribution in [1.29, 1.82) is 0 Å². The Morgan fingerprint density at radius 2 is 1.74 bits per heavy atom. The highest BCUT2D eigenvalue weighted by atomic mass is 35.5. The summed E-state index contributed by atoms with van der Waals surface area (Å²) in [5.41, 5.74) is 1.73. The van der Waals surface area contributed by atoms with Gasteiger partial charge in [-0.2, -0.15) is 0 Å². The van der Waals surface area contributed by atoms with Gasteiger partial charge in [0.1, 0.15) is 4.83 Å². The quantitative estimate of drug-likeness (QED) is 0.510. The van der Waals surface area contributed by atoms with Gasteiger partial charge in [-0.05, 0) is 43.2 Å². The van der Waals surface area contributed by atoms with E-state index in [1.807, 2.05) is 44.2 Å². The molecule has 0 saturated carbocycles. The average molecular weight is 397 g/mol. The van der Waals surface area contributed by atoms with Crippen molar-refractivity contribution < 1.29 is 0 Å². The maximum Gasteiger partial charge on any atom is 0.337 e. The lowest BCUT2D eigenvalue weighted by molar-refractivity contribution is 0.719. The van der Waals surface area contributed by atoms with Crippen LogP contribution in [0.2, 0.25) is 5.02 Å². The lowest BCUT2D eigenvalue weighted by atomic mass is 10.2.